The van der Waals surface area contributed by atoms with Crippen molar-refractivity contribution in [3.05, 3.63) is 0 Å². The Morgan fingerprint density at radius 2 is 1.50 bits per heavy atom. The van der Waals surface area contributed by atoms with Crippen molar-refractivity contribution in [1.29, 1.82) is 0 Å². The second kappa shape index (κ2) is 5.56. The normalized spacial score (nSPS) is 9.70. The van der Waals surface area contributed by atoms with Crippen LogP contribution in [0.5, 0.6) is 0 Å². The molecule has 0 aromatic heterocycles. The fraction of sp³-hybridized carbons (Fsp3) is 0.750. The van der Waals surface area contributed by atoms with Crippen LogP contribution in [0.3, 0.4) is 0 Å². The van der Waals surface area contributed by atoms with Crippen LogP contribution < -0.4 is 14.7 Å². The minimum absolute atomic E-state index is 0.255. The van der Waals surface area contributed by atoms with E-state index >= 15 is 0 Å². The van der Waals surface area contributed by atoms with Crippen molar-refractivity contribution in [2.75, 3.05) is 0 Å². The van der Waals surface area contributed by atoms with Crippen LogP contribution in [0.1, 0.15) is 20.3 Å². The molecule has 0 N–H and O–H groups in total. The van der Waals surface area contributed by atoms with E-state index in [1.807, 2.05) is 6.92 Å². The number of Topliss-reactive ketones (excluding diaryl/α,β-unsaturated/α-hetero) is 1. The van der Waals surface area contributed by atoms with E-state index in [1.165, 1.54) is 0 Å². The van der Waals surface area contributed by atoms with Gasteiger partial charge in [0.2, 0.25) is 0 Å². The summed E-state index contributed by atoms with van der Waals surface area (Å²) in [6.07, 6.45) is 0.667. The van der Waals surface area contributed by atoms with Crippen LogP contribution in [0.15, 0.2) is 0 Å². The fourth-order valence-corrected chi connectivity index (χ4v) is 0. The van der Waals surface area contributed by atoms with Crippen molar-refractivity contribution >= 4 is 13.6 Å². The van der Waals surface area contributed by atoms with Crippen molar-refractivity contribution in [2.45, 2.75) is 20.3 Å². The van der Waals surface area contributed by atoms with E-state index in [2.05, 4.69) is 0 Å². The lowest BCUT2D eigenvalue weighted by Gasteiger charge is -2.36. The van der Waals surface area contributed by atoms with Crippen molar-refractivity contribution in [2.24, 2.45) is 0 Å². The molecule has 0 aliphatic rings. The molecular formula is C4H8O5P-3. The average molecular weight is 167 g/mol. The number of carbonyl (C=O) groups is 1. The summed E-state index contributed by atoms with van der Waals surface area (Å²) in [6.45, 7) is 3.43. The maximum atomic E-state index is 9.81. The summed E-state index contributed by atoms with van der Waals surface area (Å²) in [6, 6.07) is 0. The summed E-state index contributed by atoms with van der Waals surface area (Å²) in [5.41, 5.74) is 0. The molecule has 0 bridgehead atoms. The van der Waals surface area contributed by atoms with Gasteiger partial charge in [0.15, 0.2) is 0 Å². The van der Waals surface area contributed by atoms with E-state index in [-0.39, 0.29) is 5.78 Å². The highest BCUT2D eigenvalue weighted by molar-refractivity contribution is 7.40. The van der Waals surface area contributed by atoms with Gasteiger partial charge in [0.25, 0.3) is 0 Å². The first-order chi connectivity index (χ1) is 4.27. The molecule has 0 unspecified atom stereocenters. The molecule has 6 heteroatoms. The lowest BCUT2D eigenvalue weighted by atomic mass is 10.4. The van der Waals surface area contributed by atoms with Gasteiger partial charge in [-0.1, -0.05) is 6.92 Å². The molecule has 0 amide bonds. The van der Waals surface area contributed by atoms with E-state index in [0.717, 1.165) is 0 Å². The summed E-state index contributed by atoms with van der Waals surface area (Å²) in [4.78, 5) is 35.5. The first kappa shape index (κ1) is 12.5. The zero-order valence-electron chi connectivity index (χ0n) is 5.70. The SMILES string of the molecule is CCC(C)=O.O=P([O-])([O-])[O-]. The highest BCUT2D eigenvalue weighted by atomic mass is 31.2. The number of ketones is 1. The minimum atomic E-state index is -5.39. The molecule has 0 fully saturated rings. The molecule has 0 atom stereocenters. The molecule has 0 saturated carbocycles. The molecule has 10 heavy (non-hydrogen) atoms. The maximum absolute atomic E-state index is 9.81. The van der Waals surface area contributed by atoms with Gasteiger partial charge in [-0.15, -0.1) is 0 Å². The molecule has 0 rings (SSSR count). The summed E-state index contributed by atoms with van der Waals surface area (Å²) < 4.78 is 8.55. The number of phosphoric acid groups is 1. The van der Waals surface area contributed by atoms with Crippen molar-refractivity contribution in [3.63, 3.8) is 0 Å². The fourth-order valence-electron chi connectivity index (χ4n) is 0. The van der Waals surface area contributed by atoms with Gasteiger partial charge in [0, 0.05) is 6.42 Å². The highest BCUT2D eigenvalue weighted by Crippen LogP contribution is 2.03. The summed E-state index contributed by atoms with van der Waals surface area (Å²) >= 11 is 0. The Morgan fingerprint density at radius 3 is 1.50 bits per heavy atom. The molecule has 0 spiro atoms. The first-order valence-corrected chi connectivity index (χ1v) is 3.96. The van der Waals surface area contributed by atoms with Gasteiger partial charge in [-0.25, -0.2) is 0 Å². The highest BCUT2D eigenvalue weighted by Gasteiger charge is 1.76. The molecule has 0 aliphatic carbocycles. The predicted molar refractivity (Wildman–Crippen MR) is 28.6 cm³/mol. The van der Waals surface area contributed by atoms with Crippen LogP contribution in [0.25, 0.3) is 0 Å². The van der Waals surface area contributed by atoms with Crippen LogP contribution in [0.2, 0.25) is 0 Å². The van der Waals surface area contributed by atoms with E-state index in [0.29, 0.717) is 6.42 Å². The average Bonchev–Trinajstić information content (AvgIpc) is 1.61. The third kappa shape index (κ3) is 113. The second-order valence-electron chi connectivity index (χ2n) is 1.50. The number of hydrogen-bond acceptors (Lipinski definition) is 5. The maximum Gasteiger partial charge on any atom is 0.129 e. The third-order valence-corrected chi connectivity index (χ3v) is 0.498. The first-order valence-electron chi connectivity index (χ1n) is 2.50. The Bertz CT molecular complexity index is 128. The lowest BCUT2D eigenvalue weighted by molar-refractivity contribution is -0.432. The monoisotopic (exact) mass is 167 g/mol. The molecule has 0 aromatic rings. The molecule has 0 radical (unpaired) electrons. The Balaban J connectivity index is 0. The molecule has 5 nitrogen and oxygen atoms in total. The minimum Gasteiger partial charge on any atom is -0.822 e. The van der Waals surface area contributed by atoms with Crippen LogP contribution >= 0.6 is 7.82 Å². The van der Waals surface area contributed by atoms with E-state index in [4.69, 9.17) is 19.2 Å². The van der Waals surface area contributed by atoms with Crippen molar-refractivity contribution < 1.29 is 24.0 Å². The van der Waals surface area contributed by atoms with Gasteiger partial charge in [0.1, 0.15) is 5.78 Å². The molecule has 0 aromatic carbocycles. The van der Waals surface area contributed by atoms with Crippen LogP contribution in [-0.4, -0.2) is 5.78 Å². The second-order valence-corrected chi connectivity index (χ2v) is 2.40. The van der Waals surface area contributed by atoms with Gasteiger partial charge < -0.3 is 24.0 Å². The molecule has 62 valence electrons. The smallest absolute Gasteiger partial charge is 0.129 e. The van der Waals surface area contributed by atoms with E-state index in [9.17, 15) is 4.79 Å². The zero-order valence-corrected chi connectivity index (χ0v) is 6.59. The zero-order chi connectivity index (χ0) is 8.78. The van der Waals surface area contributed by atoms with Crippen LogP contribution in [0, 0.1) is 0 Å². The molecule has 0 heterocycles. The number of carbonyl (C=O) groups excluding carboxylic acids is 1. The Hall–Kier alpha value is -0.220. The lowest BCUT2D eigenvalue weighted by Crippen LogP contribution is -2.24. The summed E-state index contributed by atoms with van der Waals surface area (Å²) in [7, 11) is -5.39. The standard InChI is InChI=1S/C4H8O.H3O4P/c1-3-4(2)5;1-5(2,3)4/h3H2,1-2H3;(H3,1,2,3,4)/p-3. The number of hydrogen-bond donors (Lipinski definition) is 0. The van der Waals surface area contributed by atoms with Gasteiger partial charge in [-0.3, -0.25) is 0 Å². The van der Waals surface area contributed by atoms with Gasteiger partial charge in [-0.05, 0) is 6.92 Å². The molecule has 0 saturated heterocycles. The topological polar surface area (TPSA) is 103 Å². The largest absolute Gasteiger partial charge is 0.822 e. The quantitative estimate of drug-likeness (QED) is 0.427. The van der Waals surface area contributed by atoms with E-state index in [1.54, 1.807) is 6.92 Å². The van der Waals surface area contributed by atoms with E-state index < -0.39 is 7.82 Å². The van der Waals surface area contributed by atoms with Crippen LogP contribution in [0.4, 0.5) is 0 Å². The van der Waals surface area contributed by atoms with Crippen molar-refractivity contribution in [1.82, 2.24) is 0 Å². The predicted octanol–water partition coefficient (Wildman–Crippen LogP) is -1.84. The Kier molecular flexibility index (Phi) is 6.92. The number of rotatable bonds is 1. The third-order valence-electron chi connectivity index (χ3n) is 0.498. The summed E-state index contributed by atoms with van der Waals surface area (Å²) in [5, 5.41) is 0. The van der Waals surface area contributed by atoms with Gasteiger partial charge in [0.05, 0.1) is 0 Å². The molecular weight excluding hydrogens is 159 g/mol. The van der Waals surface area contributed by atoms with Gasteiger partial charge in [-0.2, -0.15) is 7.82 Å². The van der Waals surface area contributed by atoms with Crippen molar-refractivity contribution in [3.8, 4) is 0 Å². The summed E-state index contributed by atoms with van der Waals surface area (Å²) in [5.74, 6) is 0.255. The van der Waals surface area contributed by atoms with Gasteiger partial charge >= 0.3 is 0 Å². The Labute approximate surface area is 58.9 Å². The Morgan fingerprint density at radius 1 is 1.40 bits per heavy atom. The van der Waals surface area contributed by atoms with Crippen LogP contribution in [-0.2, 0) is 9.36 Å². The molecule has 0 aliphatic heterocycles.